The summed E-state index contributed by atoms with van der Waals surface area (Å²) in [5, 5.41) is 7.00. The second-order valence-electron chi connectivity index (χ2n) is 5.20. The van der Waals surface area contributed by atoms with E-state index < -0.39 is 0 Å². The van der Waals surface area contributed by atoms with Crippen LogP contribution in [0.1, 0.15) is 25.8 Å². The lowest BCUT2D eigenvalue weighted by atomic mass is 9.85. The molecule has 2 rings (SSSR count). The van der Waals surface area contributed by atoms with Crippen molar-refractivity contribution in [2.45, 2.75) is 31.7 Å². The van der Waals surface area contributed by atoms with Gasteiger partial charge >= 0.3 is 0 Å². The van der Waals surface area contributed by atoms with Gasteiger partial charge in [0.1, 0.15) is 0 Å². The van der Waals surface area contributed by atoms with Crippen LogP contribution in [0.3, 0.4) is 0 Å². The Balaban J connectivity index is 1.92. The predicted octanol–water partition coefficient (Wildman–Crippen LogP) is 1.31. The third-order valence-electron chi connectivity index (χ3n) is 3.34. The molecule has 1 aliphatic rings. The second kappa shape index (κ2) is 4.93. The molecule has 3 heteroatoms. The van der Waals surface area contributed by atoms with Crippen LogP contribution in [0.15, 0.2) is 24.5 Å². The summed E-state index contributed by atoms with van der Waals surface area (Å²) in [6.45, 7) is 7.78. The molecular weight excluding hydrogens is 198 g/mol. The lowest BCUT2D eigenvalue weighted by Crippen LogP contribution is -2.40. The van der Waals surface area contributed by atoms with E-state index in [-0.39, 0.29) is 5.41 Å². The van der Waals surface area contributed by atoms with E-state index in [1.165, 1.54) is 12.0 Å². The van der Waals surface area contributed by atoms with Gasteiger partial charge in [-0.2, -0.15) is 0 Å². The zero-order chi connectivity index (χ0) is 11.4. The first kappa shape index (κ1) is 11.6. The normalized spacial score (nSPS) is 21.2. The number of aromatic nitrogens is 1. The Labute approximate surface area is 97.7 Å². The molecule has 16 heavy (non-hydrogen) atoms. The first-order chi connectivity index (χ1) is 7.68. The lowest BCUT2D eigenvalue weighted by molar-refractivity contribution is 0.427. The lowest BCUT2D eigenvalue weighted by Gasteiger charge is -2.27. The molecule has 0 bridgehead atoms. The summed E-state index contributed by atoms with van der Waals surface area (Å²) in [5.41, 5.74) is 1.45. The quantitative estimate of drug-likeness (QED) is 0.801. The maximum atomic E-state index is 4.19. The van der Waals surface area contributed by atoms with E-state index in [2.05, 4.69) is 35.5 Å². The highest BCUT2D eigenvalue weighted by Gasteiger charge is 2.23. The zero-order valence-corrected chi connectivity index (χ0v) is 10.2. The van der Waals surface area contributed by atoms with Crippen molar-refractivity contribution >= 4 is 0 Å². The van der Waals surface area contributed by atoms with Gasteiger partial charge < -0.3 is 10.6 Å². The van der Waals surface area contributed by atoms with Gasteiger partial charge in [-0.25, -0.2) is 0 Å². The SMILES string of the molecule is CC(C)(CNC1CCNC1)c1cccnc1. The second-order valence-corrected chi connectivity index (χ2v) is 5.20. The Morgan fingerprint density at radius 2 is 2.44 bits per heavy atom. The first-order valence-corrected chi connectivity index (χ1v) is 6.03. The third kappa shape index (κ3) is 2.80. The first-order valence-electron chi connectivity index (χ1n) is 6.03. The van der Waals surface area contributed by atoms with Crippen molar-refractivity contribution in [3.8, 4) is 0 Å². The van der Waals surface area contributed by atoms with Crippen molar-refractivity contribution in [2.75, 3.05) is 19.6 Å². The Hall–Kier alpha value is -0.930. The number of nitrogens with one attached hydrogen (secondary N) is 2. The molecule has 0 amide bonds. The van der Waals surface area contributed by atoms with E-state index in [1.54, 1.807) is 0 Å². The molecule has 1 fully saturated rings. The van der Waals surface area contributed by atoms with Crippen molar-refractivity contribution in [3.05, 3.63) is 30.1 Å². The molecule has 1 atom stereocenters. The smallest absolute Gasteiger partial charge is 0.0305 e. The Bertz CT molecular complexity index is 315. The van der Waals surface area contributed by atoms with Gasteiger partial charge in [0.05, 0.1) is 0 Å². The summed E-state index contributed by atoms with van der Waals surface area (Å²) in [6.07, 6.45) is 5.03. The predicted molar refractivity (Wildman–Crippen MR) is 66.5 cm³/mol. The fraction of sp³-hybridized carbons (Fsp3) is 0.615. The van der Waals surface area contributed by atoms with Gasteiger partial charge in [-0.1, -0.05) is 19.9 Å². The standard InChI is InChI=1S/C13H21N3/c1-13(2,11-4-3-6-14-8-11)10-16-12-5-7-15-9-12/h3-4,6,8,12,15-16H,5,7,9-10H2,1-2H3. The fourth-order valence-electron chi connectivity index (χ4n) is 2.09. The summed E-state index contributed by atoms with van der Waals surface area (Å²) in [7, 11) is 0. The summed E-state index contributed by atoms with van der Waals surface area (Å²) in [5.74, 6) is 0. The number of hydrogen-bond acceptors (Lipinski definition) is 3. The van der Waals surface area contributed by atoms with E-state index in [0.29, 0.717) is 6.04 Å². The molecule has 3 nitrogen and oxygen atoms in total. The Kier molecular flexibility index (Phi) is 3.56. The van der Waals surface area contributed by atoms with E-state index in [9.17, 15) is 0 Å². The molecule has 0 aliphatic carbocycles. The molecule has 1 aromatic rings. The van der Waals surface area contributed by atoms with Gasteiger partial charge in [0, 0.05) is 36.9 Å². The summed E-state index contributed by atoms with van der Waals surface area (Å²) >= 11 is 0. The number of pyridine rings is 1. The number of nitrogens with zero attached hydrogens (tertiary/aromatic N) is 1. The van der Waals surface area contributed by atoms with E-state index in [0.717, 1.165) is 19.6 Å². The van der Waals surface area contributed by atoms with Gasteiger partial charge in [-0.05, 0) is 24.6 Å². The van der Waals surface area contributed by atoms with Crippen molar-refractivity contribution in [1.29, 1.82) is 0 Å². The maximum Gasteiger partial charge on any atom is 0.0305 e. The van der Waals surface area contributed by atoms with Crippen LogP contribution in [0.5, 0.6) is 0 Å². The monoisotopic (exact) mass is 219 g/mol. The van der Waals surface area contributed by atoms with Crippen molar-refractivity contribution < 1.29 is 0 Å². The zero-order valence-electron chi connectivity index (χ0n) is 10.2. The highest BCUT2D eigenvalue weighted by molar-refractivity contribution is 5.20. The summed E-state index contributed by atoms with van der Waals surface area (Å²) in [6, 6.07) is 4.80. The van der Waals surface area contributed by atoms with Gasteiger partial charge in [-0.3, -0.25) is 4.98 Å². The summed E-state index contributed by atoms with van der Waals surface area (Å²) < 4.78 is 0. The molecule has 0 radical (unpaired) electrons. The van der Waals surface area contributed by atoms with Crippen LogP contribution in [0.25, 0.3) is 0 Å². The van der Waals surface area contributed by atoms with Crippen LogP contribution in [0.2, 0.25) is 0 Å². The van der Waals surface area contributed by atoms with Crippen LogP contribution >= 0.6 is 0 Å². The molecule has 2 N–H and O–H groups in total. The highest BCUT2D eigenvalue weighted by atomic mass is 15.0. The molecular formula is C13H21N3. The average molecular weight is 219 g/mol. The minimum absolute atomic E-state index is 0.150. The van der Waals surface area contributed by atoms with Crippen LogP contribution in [0.4, 0.5) is 0 Å². The van der Waals surface area contributed by atoms with E-state index in [4.69, 9.17) is 0 Å². The summed E-state index contributed by atoms with van der Waals surface area (Å²) in [4.78, 5) is 4.19. The van der Waals surface area contributed by atoms with Crippen molar-refractivity contribution in [1.82, 2.24) is 15.6 Å². The van der Waals surface area contributed by atoms with Gasteiger partial charge in [-0.15, -0.1) is 0 Å². The van der Waals surface area contributed by atoms with Crippen LogP contribution in [0, 0.1) is 0 Å². The molecule has 2 heterocycles. The van der Waals surface area contributed by atoms with Gasteiger partial charge in [0.25, 0.3) is 0 Å². The molecule has 1 unspecified atom stereocenters. The molecule has 0 spiro atoms. The van der Waals surface area contributed by atoms with Crippen molar-refractivity contribution in [3.63, 3.8) is 0 Å². The molecule has 1 saturated heterocycles. The molecule has 88 valence electrons. The van der Waals surface area contributed by atoms with Crippen molar-refractivity contribution in [2.24, 2.45) is 0 Å². The van der Waals surface area contributed by atoms with E-state index >= 15 is 0 Å². The largest absolute Gasteiger partial charge is 0.315 e. The van der Waals surface area contributed by atoms with Crippen LogP contribution in [-0.2, 0) is 5.41 Å². The molecule has 0 saturated carbocycles. The third-order valence-corrected chi connectivity index (χ3v) is 3.34. The number of hydrogen-bond donors (Lipinski definition) is 2. The molecule has 0 aromatic carbocycles. The number of rotatable bonds is 4. The average Bonchev–Trinajstić information content (AvgIpc) is 2.81. The van der Waals surface area contributed by atoms with Crippen LogP contribution in [-0.4, -0.2) is 30.7 Å². The maximum absolute atomic E-state index is 4.19. The Morgan fingerprint density at radius 3 is 3.06 bits per heavy atom. The fourth-order valence-corrected chi connectivity index (χ4v) is 2.09. The Morgan fingerprint density at radius 1 is 1.56 bits per heavy atom. The minimum atomic E-state index is 0.150. The van der Waals surface area contributed by atoms with Gasteiger partial charge in [0.15, 0.2) is 0 Å². The topological polar surface area (TPSA) is 37.0 Å². The van der Waals surface area contributed by atoms with E-state index in [1.807, 2.05) is 18.5 Å². The highest BCUT2D eigenvalue weighted by Crippen LogP contribution is 2.21. The van der Waals surface area contributed by atoms with Gasteiger partial charge in [0.2, 0.25) is 0 Å². The molecule has 1 aromatic heterocycles. The minimum Gasteiger partial charge on any atom is -0.315 e. The molecule has 1 aliphatic heterocycles. The van der Waals surface area contributed by atoms with Crippen LogP contribution < -0.4 is 10.6 Å².